The fraction of sp³-hybridized carbons (Fsp3) is 0.0400. The molecule has 4 rings (SSSR count). The second-order valence-electron chi connectivity index (χ2n) is 6.82. The number of hydrogen-bond acceptors (Lipinski definition) is 3. The lowest BCUT2D eigenvalue weighted by Gasteiger charge is -2.16. The Morgan fingerprint density at radius 3 is 2.10 bits per heavy atom. The van der Waals surface area contributed by atoms with Crippen LogP contribution in [0.4, 0.5) is 0 Å². The van der Waals surface area contributed by atoms with Crippen LogP contribution in [-0.4, -0.2) is 12.1 Å². The average Bonchev–Trinajstić information content (AvgIpc) is 3.26. The number of hydrogen-bond donors (Lipinski definition) is 1. The third-order valence-electron chi connectivity index (χ3n) is 4.73. The molecule has 1 aromatic heterocycles. The monoisotopic (exact) mass is 448 g/mol. The lowest BCUT2D eigenvalue weighted by atomic mass is 9.91. The SMILES string of the molecule is O=C(NN=Cc1ccc(-c2ccc(Cl)c(Cl)c2)o1)C(c1ccccc1)c1ccccc1. The molecule has 154 valence electrons. The summed E-state index contributed by atoms with van der Waals surface area (Å²) in [5, 5.41) is 5.02. The molecule has 1 N–H and O–H groups in total. The van der Waals surface area contributed by atoms with Gasteiger partial charge < -0.3 is 4.42 Å². The highest BCUT2D eigenvalue weighted by molar-refractivity contribution is 6.42. The molecule has 0 aliphatic carbocycles. The number of benzene rings is 3. The van der Waals surface area contributed by atoms with Crippen molar-refractivity contribution in [2.75, 3.05) is 0 Å². The minimum absolute atomic E-state index is 0.232. The van der Waals surface area contributed by atoms with Crippen LogP contribution in [0.1, 0.15) is 22.8 Å². The zero-order valence-electron chi connectivity index (χ0n) is 16.3. The van der Waals surface area contributed by atoms with Gasteiger partial charge in [-0.2, -0.15) is 5.10 Å². The predicted molar refractivity (Wildman–Crippen MR) is 125 cm³/mol. The highest BCUT2D eigenvalue weighted by Crippen LogP contribution is 2.29. The molecule has 31 heavy (non-hydrogen) atoms. The first-order chi connectivity index (χ1) is 15.1. The Morgan fingerprint density at radius 2 is 1.48 bits per heavy atom. The van der Waals surface area contributed by atoms with Crippen molar-refractivity contribution in [1.82, 2.24) is 5.43 Å². The predicted octanol–water partition coefficient (Wildman–Crippen LogP) is 6.54. The van der Waals surface area contributed by atoms with Gasteiger partial charge in [0.1, 0.15) is 11.5 Å². The Kier molecular flexibility index (Phi) is 6.51. The standard InChI is InChI=1S/C25H18Cl2N2O2/c26-21-13-11-19(15-22(21)27)23-14-12-20(31-23)16-28-29-25(30)24(17-7-3-1-4-8-17)18-9-5-2-6-10-18/h1-16,24H,(H,29,30). The molecule has 1 amide bonds. The van der Waals surface area contributed by atoms with Crippen LogP contribution in [0.2, 0.25) is 10.0 Å². The van der Waals surface area contributed by atoms with E-state index in [9.17, 15) is 4.79 Å². The summed E-state index contributed by atoms with van der Waals surface area (Å²) in [6.45, 7) is 0. The van der Waals surface area contributed by atoms with Gasteiger partial charge in [0.2, 0.25) is 0 Å². The molecule has 4 nitrogen and oxygen atoms in total. The first kappa shape index (κ1) is 20.9. The second-order valence-corrected chi connectivity index (χ2v) is 7.63. The molecule has 1 heterocycles. The van der Waals surface area contributed by atoms with Crippen molar-refractivity contribution in [2.24, 2.45) is 5.10 Å². The van der Waals surface area contributed by atoms with Gasteiger partial charge in [0.25, 0.3) is 5.91 Å². The topological polar surface area (TPSA) is 54.6 Å². The molecule has 0 saturated carbocycles. The first-order valence-electron chi connectivity index (χ1n) is 9.60. The van der Waals surface area contributed by atoms with Gasteiger partial charge in [-0.1, -0.05) is 83.9 Å². The summed E-state index contributed by atoms with van der Waals surface area (Å²) in [4.78, 5) is 12.9. The van der Waals surface area contributed by atoms with Gasteiger partial charge in [-0.15, -0.1) is 0 Å². The maximum atomic E-state index is 12.9. The zero-order chi connectivity index (χ0) is 21.6. The fourth-order valence-electron chi connectivity index (χ4n) is 3.24. The number of rotatable bonds is 6. The smallest absolute Gasteiger partial charge is 0.252 e. The Balaban J connectivity index is 1.49. The van der Waals surface area contributed by atoms with E-state index in [2.05, 4.69) is 10.5 Å². The molecule has 0 fully saturated rings. The van der Waals surface area contributed by atoms with Crippen LogP contribution in [0.3, 0.4) is 0 Å². The van der Waals surface area contributed by atoms with E-state index in [4.69, 9.17) is 27.6 Å². The molecule has 4 aromatic rings. The number of nitrogens with one attached hydrogen (secondary N) is 1. The minimum Gasteiger partial charge on any atom is -0.455 e. The Hall–Kier alpha value is -3.34. The van der Waals surface area contributed by atoms with E-state index in [1.165, 1.54) is 6.21 Å². The third-order valence-corrected chi connectivity index (χ3v) is 5.46. The fourth-order valence-corrected chi connectivity index (χ4v) is 3.54. The summed E-state index contributed by atoms with van der Waals surface area (Å²) in [5.41, 5.74) is 5.20. The Bertz CT molecular complexity index is 1170. The molecule has 0 spiro atoms. The molecule has 0 atom stereocenters. The van der Waals surface area contributed by atoms with E-state index in [1.807, 2.05) is 66.7 Å². The van der Waals surface area contributed by atoms with E-state index < -0.39 is 5.92 Å². The van der Waals surface area contributed by atoms with Crippen LogP contribution in [0.5, 0.6) is 0 Å². The second kappa shape index (κ2) is 9.65. The van der Waals surface area contributed by atoms with Crippen molar-refractivity contribution >= 4 is 35.3 Å². The van der Waals surface area contributed by atoms with E-state index >= 15 is 0 Å². The van der Waals surface area contributed by atoms with Crippen LogP contribution in [0.25, 0.3) is 11.3 Å². The Morgan fingerprint density at radius 1 is 0.839 bits per heavy atom. The van der Waals surface area contributed by atoms with Gasteiger partial charge in [-0.25, -0.2) is 5.43 Å². The summed E-state index contributed by atoms with van der Waals surface area (Å²) in [7, 11) is 0. The van der Waals surface area contributed by atoms with E-state index in [-0.39, 0.29) is 5.91 Å². The normalized spacial score (nSPS) is 11.2. The molecule has 0 radical (unpaired) electrons. The zero-order valence-corrected chi connectivity index (χ0v) is 17.8. The third kappa shape index (κ3) is 5.05. The van der Waals surface area contributed by atoms with Gasteiger partial charge in [0, 0.05) is 5.56 Å². The number of carbonyl (C=O) groups excluding carboxylic acids is 1. The highest BCUT2D eigenvalue weighted by atomic mass is 35.5. The molecule has 0 bridgehead atoms. The highest BCUT2D eigenvalue weighted by Gasteiger charge is 2.22. The Labute approximate surface area is 190 Å². The molecule has 3 aromatic carbocycles. The summed E-state index contributed by atoms with van der Waals surface area (Å²) in [5.74, 6) is 0.419. The lowest BCUT2D eigenvalue weighted by molar-refractivity contribution is -0.121. The van der Waals surface area contributed by atoms with E-state index in [0.29, 0.717) is 21.6 Å². The van der Waals surface area contributed by atoms with Crippen LogP contribution in [-0.2, 0) is 4.79 Å². The largest absolute Gasteiger partial charge is 0.455 e. The summed E-state index contributed by atoms with van der Waals surface area (Å²) in [6, 6.07) is 28.0. The van der Waals surface area contributed by atoms with Gasteiger partial charge in [0.05, 0.1) is 22.2 Å². The molecule has 0 aliphatic rings. The molecule has 0 saturated heterocycles. The van der Waals surface area contributed by atoms with E-state index in [0.717, 1.165) is 16.7 Å². The molecule has 0 unspecified atom stereocenters. The van der Waals surface area contributed by atoms with Gasteiger partial charge >= 0.3 is 0 Å². The molecular formula is C25H18Cl2N2O2. The number of nitrogens with zero attached hydrogens (tertiary/aromatic N) is 1. The van der Waals surface area contributed by atoms with Gasteiger partial charge in [-0.05, 0) is 41.5 Å². The van der Waals surface area contributed by atoms with Crippen LogP contribution >= 0.6 is 23.2 Å². The van der Waals surface area contributed by atoms with Crippen molar-refractivity contribution in [3.05, 3.63) is 118 Å². The maximum absolute atomic E-state index is 12.9. The van der Waals surface area contributed by atoms with Gasteiger partial charge in [-0.3, -0.25) is 4.79 Å². The average molecular weight is 449 g/mol. The number of hydrazone groups is 1. The van der Waals surface area contributed by atoms with Crippen LogP contribution in [0, 0.1) is 0 Å². The van der Waals surface area contributed by atoms with Gasteiger partial charge in [0.15, 0.2) is 0 Å². The maximum Gasteiger partial charge on any atom is 0.252 e. The van der Waals surface area contributed by atoms with Crippen LogP contribution < -0.4 is 5.43 Å². The quantitative estimate of drug-likeness (QED) is 0.269. The molecular weight excluding hydrogens is 431 g/mol. The summed E-state index contributed by atoms with van der Waals surface area (Å²) in [6.07, 6.45) is 1.46. The summed E-state index contributed by atoms with van der Waals surface area (Å²) >= 11 is 12.0. The number of carbonyl (C=O) groups is 1. The molecule has 6 heteroatoms. The van der Waals surface area contributed by atoms with Crippen molar-refractivity contribution in [3.63, 3.8) is 0 Å². The van der Waals surface area contributed by atoms with Crippen molar-refractivity contribution in [1.29, 1.82) is 0 Å². The number of amides is 1. The lowest BCUT2D eigenvalue weighted by Crippen LogP contribution is -2.26. The molecule has 0 aliphatic heterocycles. The van der Waals surface area contributed by atoms with Crippen molar-refractivity contribution in [3.8, 4) is 11.3 Å². The number of furan rings is 1. The minimum atomic E-state index is -0.470. The van der Waals surface area contributed by atoms with Crippen molar-refractivity contribution in [2.45, 2.75) is 5.92 Å². The number of halogens is 2. The summed E-state index contributed by atoms with van der Waals surface area (Å²) < 4.78 is 5.77. The first-order valence-corrected chi connectivity index (χ1v) is 10.4. The van der Waals surface area contributed by atoms with Crippen LogP contribution in [0.15, 0.2) is 101 Å². The van der Waals surface area contributed by atoms with E-state index in [1.54, 1.807) is 24.3 Å². The van der Waals surface area contributed by atoms with Crippen molar-refractivity contribution < 1.29 is 9.21 Å².